The number of methoxy groups -OCH3 is 1. The van der Waals surface area contributed by atoms with Crippen LogP contribution in [0, 0.1) is 16.0 Å². The molecule has 0 heterocycles. The predicted molar refractivity (Wildman–Crippen MR) is 62.1 cm³/mol. The van der Waals surface area contributed by atoms with Crippen LogP contribution in [0.2, 0.25) is 0 Å². The standard InChI is InChI=1S/C12H15NO5/c1-18-11(14)12(15)6-2-3-8-4-5-9(13(16)17)7-10(8)12/h5,7-8,15H,2-4,6H2,1H3. The third-order valence-electron chi connectivity index (χ3n) is 3.66. The van der Waals surface area contributed by atoms with Crippen molar-refractivity contribution in [3.05, 3.63) is 33.5 Å². The first kappa shape index (κ1) is 12.8. The second kappa shape index (κ2) is 4.53. The number of allylic oxidation sites excluding steroid dienone is 2. The topological polar surface area (TPSA) is 89.7 Å². The third kappa shape index (κ3) is 1.92. The van der Waals surface area contributed by atoms with E-state index in [4.69, 9.17) is 0 Å². The van der Waals surface area contributed by atoms with Gasteiger partial charge in [-0.05, 0) is 43.3 Å². The van der Waals surface area contributed by atoms with Crippen LogP contribution in [0.1, 0.15) is 25.7 Å². The van der Waals surface area contributed by atoms with Crippen molar-refractivity contribution in [3.63, 3.8) is 0 Å². The molecule has 0 aromatic heterocycles. The van der Waals surface area contributed by atoms with Gasteiger partial charge >= 0.3 is 5.97 Å². The average Bonchev–Trinajstić information content (AvgIpc) is 2.37. The SMILES string of the molecule is COC(=O)C1(O)CCCC2CC=C([N+](=O)[O-])C=C21. The van der Waals surface area contributed by atoms with Crippen LogP contribution in [0.4, 0.5) is 0 Å². The highest BCUT2D eigenvalue weighted by atomic mass is 16.6. The Morgan fingerprint density at radius 2 is 2.39 bits per heavy atom. The molecule has 1 N–H and O–H groups in total. The van der Waals surface area contributed by atoms with E-state index in [1.165, 1.54) is 19.3 Å². The summed E-state index contributed by atoms with van der Waals surface area (Å²) in [6.07, 6.45) is 5.14. The van der Waals surface area contributed by atoms with Crippen LogP contribution in [0.5, 0.6) is 0 Å². The van der Waals surface area contributed by atoms with Gasteiger partial charge < -0.3 is 9.84 Å². The third-order valence-corrected chi connectivity index (χ3v) is 3.66. The van der Waals surface area contributed by atoms with Gasteiger partial charge in [-0.25, -0.2) is 4.79 Å². The summed E-state index contributed by atoms with van der Waals surface area (Å²) in [5.74, 6) is -0.741. The summed E-state index contributed by atoms with van der Waals surface area (Å²) >= 11 is 0. The van der Waals surface area contributed by atoms with Gasteiger partial charge in [0.2, 0.25) is 0 Å². The average molecular weight is 253 g/mol. The molecule has 0 spiro atoms. The summed E-state index contributed by atoms with van der Waals surface area (Å²) in [6.45, 7) is 0. The van der Waals surface area contributed by atoms with Crippen molar-refractivity contribution in [3.8, 4) is 0 Å². The number of carbonyl (C=O) groups is 1. The Bertz CT molecular complexity index is 453. The maximum atomic E-state index is 11.7. The Morgan fingerprint density at radius 1 is 1.67 bits per heavy atom. The normalized spacial score (nSPS) is 30.9. The van der Waals surface area contributed by atoms with Crippen molar-refractivity contribution in [1.82, 2.24) is 0 Å². The monoisotopic (exact) mass is 253 g/mol. The smallest absolute Gasteiger partial charge is 0.342 e. The highest BCUT2D eigenvalue weighted by Gasteiger charge is 2.47. The van der Waals surface area contributed by atoms with Crippen molar-refractivity contribution < 1.29 is 19.6 Å². The summed E-state index contributed by atoms with van der Waals surface area (Å²) < 4.78 is 4.62. The first-order valence-corrected chi connectivity index (χ1v) is 5.86. The van der Waals surface area contributed by atoms with Crippen molar-refractivity contribution >= 4 is 5.97 Å². The first-order chi connectivity index (χ1) is 8.49. The maximum Gasteiger partial charge on any atom is 0.342 e. The molecule has 2 unspecified atom stereocenters. The summed E-state index contributed by atoms with van der Waals surface area (Å²) in [6, 6.07) is 0. The van der Waals surface area contributed by atoms with E-state index in [-0.39, 0.29) is 18.0 Å². The van der Waals surface area contributed by atoms with E-state index in [0.717, 1.165) is 6.42 Å². The van der Waals surface area contributed by atoms with Crippen LogP contribution in [0.25, 0.3) is 0 Å². The zero-order valence-corrected chi connectivity index (χ0v) is 10.1. The van der Waals surface area contributed by atoms with Gasteiger partial charge in [0.05, 0.1) is 12.0 Å². The molecule has 2 atom stereocenters. The molecule has 6 nitrogen and oxygen atoms in total. The van der Waals surface area contributed by atoms with Crippen LogP contribution < -0.4 is 0 Å². The summed E-state index contributed by atoms with van der Waals surface area (Å²) in [5.41, 5.74) is -1.34. The van der Waals surface area contributed by atoms with Gasteiger partial charge in [-0.3, -0.25) is 10.1 Å². The summed E-state index contributed by atoms with van der Waals surface area (Å²) in [5, 5.41) is 21.2. The second-order valence-electron chi connectivity index (χ2n) is 4.66. The number of rotatable bonds is 2. The Balaban J connectivity index is 2.41. The lowest BCUT2D eigenvalue weighted by Crippen LogP contribution is -2.47. The minimum Gasteiger partial charge on any atom is -0.467 e. The van der Waals surface area contributed by atoms with E-state index in [1.54, 1.807) is 0 Å². The maximum absolute atomic E-state index is 11.7. The highest BCUT2D eigenvalue weighted by molar-refractivity contribution is 5.84. The molecule has 2 rings (SSSR count). The largest absolute Gasteiger partial charge is 0.467 e. The van der Waals surface area contributed by atoms with E-state index in [0.29, 0.717) is 18.4 Å². The molecule has 0 bridgehead atoms. The fraction of sp³-hybridized carbons (Fsp3) is 0.583. The van der Waals surface area contributed by atoms with E-state index in [9.17, 15) is 20.0 Å². The molecule has 0 aromatic carbocycles. The Morgan fingerprint density at radius 3 is 3.00 bits per heavy atom. The minimum atomic E-state index is -1.70. The van der Waals surface area contributed by atoms with Crippen LogP contribution in [0.15, 0.2) is 23.4 Å². The number of hydrogen-bond acceptors (Lipinski definition) is 5. The number of ether oxygens (including phenoxy) is 1. The number of esters is 1. The fourth-order valence-corrected chi connectivity index (χ4v) is 2.72. The van der Waals surface area contributed by atoms with Crippen molar-refractivity contribution in [2.24, 2.45) is 5.92 Å². The van der Waals surface area contributed by atoms with Gasteiger partial charge in [0.15, 0.2) is 5.60 Å². The molecule has 2 aliphatic rings. The molecular formula is C12H15NO5. The minimum absolute atomic E-state index is 0.00782. The number of hydrogen-bond donors (Lipinski definition) is 1. The summed E-state index contributed by atoms with van der Waals surface area (Å²) in [4.78, 5) is 22.0. The van der Waals surface area contributed by atoms with Gasteiger partial charge in [0.1, 0.15) is 0 Å². The van der Waals surface area contributed by atoms with Gasteiger partial charge in [-0.2, -0.15) is 0 Å². The molecule has 0 saturated heterocycles. The van der Waals surface area contributed by atoms with Crippen LogP contribution in [-0.4, -0.2) is 28.7 Å². The fourth-order valence-electron chi connectivity index (χ4n) is 2.72. The zero-order chi connectivity index (χ0) is 13.3. The van der Waals surface area contributed by atoms with Gasteiger partial charge in [0, 0.05) is 6.08 Å². The quantitative estimate of drug-likeness (QED) is 0.453. The van der Waals surface area contributed by atoms with Crippen LogP contribution in [0.3, 0.4) is 0 Å². The molecule has 98 valence electrons. The Labute approximate surface area is 104 Å². The Hall–Kier alpha value is -1.69. The molecule has 1 saturated carbocycles. The molecule has 18 heavy (non-hydrogen) atoms. The number of carbonyl (C=O) groups excluding carboxylic acids is 1. The molecule has 0 aromatic rings. The van der Waals surface area contributed by atoms with Crippen LogP contribution in [-0.2, 0) is 9.53 Å². The number of nitrogens with zero attached hydrogens (tertiary/aromatic N) is 1. The zero-order valence-electron chi connectivity index (χ0n) is 10.1. The van der Waals surface area contributed by atoms with E-state index >= 15 is 0 Å². The van der Waals surface area contributed by atoms with E-state index in [1.807, 2.05) is 0 Å². The molecule has 0 radical (unpaired) electrons. The second-order valence-corrected chi connectivity index (χ2v) is 4.66. The molecule has 6 heteroatoms. The first-order valence-electron chi connectivity index (χ1n) is 5.86. The van der Waals surface area contributed by atoms with Gasteiger partial charge in [0.25, 0.3) is 5.70 Å². The van der Waals surface area contributed by atoms with Gasteiger partial charge in [-0.15, -0.1) is 0 Å². The molecule has 1 fully saturated rings. The molecule has 0 aliphatic heterocycles. The van der Waals surface area contributed by atoms with Gasteiger partial charge in [-0.1, -0.05) is 0 Å². The number of nitro groups is 1. The van der Waals surface area contributed by atoms with Crippen molar-refractivity contribution in [2.45, 2.75) is 31.3 Å². The molecule has 2 aliphatic carbocycles. The molecular weight excluding hydrogens is 238 g/mol. The lowest BCUT2D eigenvalue weighted by atomic mass is 9.70. The lowest BCUT2D eigenvalue weighted by Gasteiger charge is -2.38. The predicted octanol–water partition coefficient (Wildman–Crippen LogP) is 1.18. The van der Waals surface area contributed by atoms with E-state index in [2.05, 4.69) is 4.74 Å². The highest BCUT2D eigenvalue weighted by Crippen LogP contribution is 2.42. The van der Waals surface area contributed by atoms with Crippen molar-refractivity contribution in [2.75, 3.05) is 7.11 Å². The number of fused-ring (bicyclic) bond motifs is 1. The van der Waals surface area contributed by atoms with Crippen molar-refractivity contribution in [1.29, 1.82) is 0 Å². The Kier molecular flexibility index (Phi) is 3.21. The summed E-state index contributed by atoms with van der Waals surface area (Å²) in [7, 11) is 1.21. The molecule has 0 amide bonds. The van der Waals surface area contributed by atoms with Crippen LogP contribution >= 0.6 is 0 Å². The van der Waals surface area contributed by atoms with E-state index < -0.39 is 16.5 Å². The lowest BCUT2D eigenvalue weighted by molar-refractivity contribution is -0.419. The number of aliphatic hydroxyl groups is 1.